The number of carbonyl (C=O) groups excluding carboxylic acids is 1. The Balaban J connectivity index is 1.54. The molecule has 0 spiro atoms. The van der Waals surface area contributed by atoms with Gasteiger partial charge in [0.1, 0.15) is 15.7 Å². The van der Waals surface area contributed by atoms with E-state index in [9.17, 15) is 14.3 Å². The molecule has 4 nitrogen and oxygen atoms in total. The van der Waals surface area contributed by atoms with Gasteiger partial charge in [-0.05, 0) is 50.5 Å². The minimum atomic E-state index is -0.586. The molecular weight excluding hydrogens is 351 g/mol. The number of likely N-dealkylation sites (tertiary alicyclic amines) is 1. The van der Waals surface area contributed by atoms with Crippen molar-refractivity contribution >= 4 is 17.2 Å². The number of benzene rings is 1. The average Bonchev–Trinajstić information content (AvgIpc) is 3.02. The van der Waals surface area contributed by atoms with Crippen molar-refractivity contribution in [2.24, 2.45) is 5.92 Å². The van der Waals surface area contributed by atoms with Gasteiger partial charge in [0, 0.05) is 24.6 Å². The maximum absolute atomic E-state index is 13.1. The Kier molecular flexibility index (Phi) is 4.57. The van der Waals surface area contributed by atoms with E-state index in [0.29, 0.717) is 30.1 Å². The normalized spacial score (nSPS) is 25.8. The number of hydrogen-bond acceptors (Lipinski definition) is 4. The van der Waals surface area contributed by atoms with E-state index in [0.717, 1.165) is 36.3 Å². The second kappa shape index (κ2) is 6.74. The second-order valence-corrected chi connectivity index (χ2v) is 8.49. The number of nitrogens with zero attached hydrogens (tertiary/aromatic N) is 2. The lowest BCUT2D eigenvalue weighted by Crippen LogP contribution is -2.54. The number of thiazole rings is 1. The van der Waals surface area contributed by atoms with E-state index in [4.69, 9.17) is 0 Å². The van der Waals surface area contributed by atoms with E-state index in [1.54, 1.807) is 12.1 Å². The highest BCUT2D eigenvalue weighted by Gasteiger charge is 2.44. The van der Waals surface area contributed by atoms with E-state index in [1.807, 2.05) is 11.8 Å². The van der Waals surface area contributed by atoms with Crippen LogP contribution in [0, 0.1) is 18.7 Å². The molecule has 6 heteroatoms. The highest BCUT2D eigenvalue weighted by molar-refractivity contribution is 7.17. The molecule has 1 aliphatic heterocycles. The first-order chi connectivity index (χ1) is 12.5. The van der Waals surface area contributed by atoms with E-state index >= 15 is 0 Å². The first-order valence-electron chi connectivity index (χ1n) is 9.21. The molecule has 2 fully saturated rings. The third-order valence-corrected chi connectivity index (χ3v) is 6.99. The molecule has 1 saturated carbocycles. The molecule has 2 atom stereocenters. The first kappa shape index (κ1) is 17.6. The lowest BCUT2D eigenvalue weighted by Gasteiger charge is -2.47. The zero-order valence-electron chi connectivity index (χ0n) is 14.9. The number of carbonyl (C=O) groups is 1. The van der Waals surface area contributed by atoms with Crippen LogP contribution in [-0.2, 0) is 0 Å². The minimum absolute atomic E-state index is 0.000912. The lowest BCUT2D eigenvalue weighted by molar-refractivity contribution is -0.0885. The Morgan fingerprint density at radius 1 is 1.31 bits per heavy atom. The topological polar surface area (TPSA) is 53.4 Å². The summed E-state index contributed by atoms with van der Waals surface area (Å²) >= 11 is 1.36. The summed E-state index contributed by atoms with van der Waals surface area (Å²) in [5.41, 5.74) is 0.944. The van der Waals surface area contributed by atoms with Crippen LogP contribution < -0.4 is 0 Å². The van der Waals surface area contributed by atoms with Crippen LogP contribution in [0.2, 0.25) is 0 Å². The van der Waals surface area contributed by atoms with E-state index in [-0.39, 0.29) is 17.6 Å². The van der Waals surface area contributed by atoms with Crippen molar-refractivity contribution in [3.8, 4) is 10.6 Å². The molecule has 1 saturated heterocycles. The fraction of sp³-hybridized carbons (Fsp3) is 0.500. The molecule has 1 aliphatic carbocycles. The summed E-state index contributed by atoms with van der Waals surface area (Å²) in [7, 11) is 0. The average molecular weight is 374 g/mol. The molecule has 1 N–H and O–H groups in total. The van der Waals surface area contributed by atoms with Crippen LogP contribution in [0.3, 0.4) is 0 Å². The van der Waals surface area contributed by atoms with E-state index in [2.05, 4.69) is 4.98 Å². The van der Waals surface area contributed by atoms with Crippen LogP contribution in [0.5, 0.6) is 0 Å². The maximum atomic E-state index is 13.1. The number of piperidine rings is 1. The van der Waals surface area contributed by atoms with Gasteiger partial charge >= 0.3 is 0 Å². The van der Waals surface area contributed by atoms with Crippen molar-refractivity contribution in [2.75, 3.05) is 13.1 Å². The predicted octanol–water partition coefficient (Wildman–Crippen LogP) is 4.02. The minimum Gasteiger partial charge on any atom is -0.389 e. The monoisotopic (exact) mass is 374 g/mol. The van der Waals surface area contributed by atoms with Gasteiger partial charge in [-0.25, -0.2) is 9.37 Å². The summed E-state index contributed by atoms with van der Waals surface area (Å²) in [6, 6.07) is 6.18. The third kappa shape index (κ3) is 3.16. The Labute approximate surface area is 156 Å². The van der Waals surface area contributed by atoms with E-state index in [1.165, 1.54) is 23.5 Å². The second-order valence-electron chi connectivity index (χ2n) is 7.49. The number of hydrogen-bond donors (Lipinski definition) is 1. The van der Waals surface area contributed by atoms with Gasteiger partial charge in [-0.3, -0.25) is 4.79 Å². The molecule has 0 bridgehead atoms. The molecule has 2 unspecified atom stereocenters. The fourth-order valence-corrected chi connectivity index (χ4v) is 5.25. The van der Waals surface area contributed by atoms with Gasteiger partial charge in [-0.2, -0.15) is 0 Å². The highest BCUT2D eigenvalue weighted by Crippen LogP contribution is 2.40. The van der Waals surface area contributed by atoms with Crippen LogP contribution in [-0.4, -0.2) is 39.6 Å². The Hall–Kier alpha value is -1.79. The predicted molar refractivity (Wildman–Crippen MR) is 99.7 cm³/mol. The van der Waals surface area contributed by atoms with Gasteiger partial charge in [0.25, 0.3) is 5.91 Å². The Morgan fingerprint density at radius 3 is 2.85 bits per heavy atom. The smallest absolute Gasteiger partial charge is 0.265 e. The van der Waals surface area contributed by atoms with Crippen LogP contribution in [0.1, 0.15) is 47.5 Å². The van der Waals surface area contributed by atoms with Crippen LogP contribution in [0.4, 0.5) is 4.39 Å². The maximum Gasteiger partial charge on any atom is 0.265 e. The Morgan fingerprint density at radius 2 is 2.08 bits per heavy atom. The van der Waals surface area contributed by atoms with Crippen molar-refractivity contribution < 1.29 is 14.3 Å². The molecule has 4 rings (SSSR count). The van der Waals surface area contributed by atoms with Crippen LogP contribution in [0.15, 0.2) is 24.3 Å². The summed E-state index contributed by atoms with van der Waals surface area (Å²) in [5.74, 6) is -0.105. The SMILES string of the molecule is Cc1nc(-c2ccc(F)cc2)sc1C(=O)N1CCC2(O)CCCCC2C1. The number of halogens is 1. The number of rotatable bonds is 2. The summed E-state index contributed by atoms with van der Waals surface area (Å²) in [6.45, 7) is 3.06. The quantitative estimate of drug-likeness (QED) is 0.864. The van der Waals surface area contributed by atoms with Gasteiger partial charge in [0.15, 0.2) is 0 Å². The zero-order chi connectivity index (χ0) is 18.3. The van der Waals surface area contributed by atoms with Gasteiger partial charge in [0.05, 0.1) is 11.3 Å². The summed E-state index contributed by atoms with van der Waals surface area (Å²) in [4.78, 5) is 20.1. The largest absolute Gasteiger partial charge is 0.389 e. The molecule has 2 heterocycles. The molecular formula is C20H23FN2O2S. The van der Waals surface area contributed by atoms with Crippen LogP contribution >= 0.6 is 11.3 Å². The van der Waals surface area contributed by atoms with Gasteiger partial charge in [-0.15, -0.1) is 11.3 Å². The highest BCUT2D eigenvalue weighted by atomic mass is 32.1. The lowest BCUT2D eigenvalue weighted by atomic mass is 9.71. The summed E-state index contributed by atoms with van der Waals surface area (Å²) in [6.07, 6.45) is 4.71. The summed E-state index contributed by atoms with van der Waals surface area (Å²) < 4.78 is 13.1. The van der Waals surface area contributed by atoms with Gasteiger partial charge in [-0.1, -0.05) is 12.8 Å². The molecule has 26 heavy (non-hydrogen) atoms. The molecule has 0 radical (unpaired) electrons. The Bertz CT molecular complexity index is 820. The van der Waals surface area contributed by atoms with Crippen molar-refractivity contribution in [3.05, 3.63) is 40.7 Å². The first-order valence-corrected chi connectivity index (χ1v) is 10.0. The molecule has 2 aliphatic rings. The number of aliphatic hydroxyl groups is 1. The van der Waals surface area contributed by atoms with Gasteiger partial charge < -0.3 is 10.0 Å². The van der Waals surface area contributed by atoms with E-state index < -0.39 is 5.60 Å². The van der Waals surface area contributed by atoms with Gasteiger partial charge in [0.2, 0.25) is 0 Å². The molecule has 138 valence electrons. The van der Waals surface area contributed by atoms with Crippen molar-refractivity contribution in [2.45, 2.75) is 44.6 Å². The zero-order valence-corrected chi connectivity index (χ0v) is 15.7. The molecule has 1 aromatic heterocycles. The number of fused-ring (bicyclic) bond motifs is 1. The fourth-order valence-electron chi connectivity index (χ4n) is 4.21. The molecule has 1 amide bonds. The number of aryl methyl sites for hydroxylation is 1. The van der Waals surface area contributed by atoms with Crippen molar-refractivity contribution in [1.29, 1.82) is 0 Å². The van der Waals surface area contributed by atoms with Crippen molar-refractivity contribution in [3.63, 3.8) is 0 Å². The molecule has 2 aromatic rings. The standard InChI is InChI=1S/C20H23FN2O2S/c1-13-17(26-18(22-13)14-5-7-16(21)8-6-14)19(24)23-11-10-20(25)9-3-2-4-15(20)12-23/h5-8,15,25H,2-4,9-12H2,1H3. The number of amides is 1. The summed E-state index contributed by atoms with van der Waals surface area (Å²) in [5, 5.41) is 11.5. The number of aromatic nitrogens is 1. The van der Waals surface area contributed by atoms with Crippen molar-refractivity contribution in [1.82, 2.24) is 9.88 Å². The molecule has 1 aromatic carbocycles. The third-order valence-electron chi connectivity index (χ3n) is 5.80. The van der Waals surface area contributed by atoms with Crippen LogP contribution in [0.25, 0.3) is 10.6 Å².